The van der Waals surface area contributed by atoms with Crippen LogP contribution < -0.4 is 16.4 Å². The molecule has 3 rings (SSSR count). The van der Waals surface area contributed by atoms with E-state index in [1.54, 1.807) is 31.2 Å². The van der Waals surface area contributed by atoms with Crippen molar-refractivity contribution < 1.29 is 14.3 Å². The molecule has 1 aromatic heterocycles. The maximum absolute atomic E-state index is 11.7. The Balaban J connectivity index is 1.58. The average Bonchev–Trinajstić information content (AvgIpc) is 2.72. The van der Waals surface area contributed by atoms with E-state index in [-0.39, 0.29) is 5.97 Å². The smallest absolute Gasteiger partial charge is 0.338 e. The van der Waals surface area contributed by atoms with Crippen molar-refractivity contribution in [2.75, 3.05) is 62.4 Å². The number of aromatic nitrogens is 2. The first-order chi connectivity index (χ1) is 13.7. The van der Waals surface area contributed by atoms with E-state index in [0.29, 0.717) is 29.5 Å². The molecule has 1 aromatic carbocycles. The zero-order chi connectivity index (χ0) is 19.8. The Morgan fingerprint density at radius 1 is 1.21 bits per heavy atom. The number of hydrogen-bond acceptors (Lipinski definition) is 9. The summed E-state index contributed by atoms with van der Waals surface area (Å²) in [6, 6.07) is 6.94. The minimum Gasteiger partial charge on any atom is -0.462 e. The lowest BCUT2D eigenvalue weighted by Gasteiger charge is -2.26. The third-order valence-corrected chi connectivity index (χ3v) is 4.37. The molecule has 0 atom stereocenters. The summed E-state index contributed by atoms with van der Waals surface area (Å²) in [6.45, 7) is 7.18. The van der Waals surface area contributed by atoms with E-state index in [9.17, 15) is 4.79 Å². The van der Waals surface area contributed by atoms with Gasteiger partial charge in [-0.15, -0.1) is 0 Å². The Morgan fingerprint density at radius 3 is 2.64 bits per heavy atom. The minimum absolute atomic E-state index is 0.345. The fraction of sp³-hybridized carbons (Fsp3) is 0.421. The van der Waals surface area contributed by atoms with Crippen LogP contribution in [0.1, 0.15) is 17.3 Å². The van der Waals surface area contributed by atoms with Gasteiger partial charge in [0.15, 0.2) is 11.6 Å². The fourth-order valence-corrected chi connectivity index (χ4v) is 2.83. The lowest BCUT2D eigenvalue weighted by Crippen LogP contribution is -2.39. The van der Waals surface area contributed by atoms with Crippen molar-refractivity contribution in [3.63, 3.8) is 0 Å². The van der Waals surface area contributed by atoms with E-state index in [0.717, 1.165) is 45.1 Å². The molecule has 0 spiro atoms. The molecule has 1 fully saturated rings. The van der Waals surface area contributed by atoms with E-state index in [2.05, 4.69) is 25.5 Å². The van der Waals surface area contributed by atoms with Crippen molar-refractivity contribution in [2.45, 2.75) is 6.92 Å². The van der Waals surface area contributed by atoms with Crippen molar-refractivity contribution in [1.82, 2.24) is 14.9 Å². The molecule has 2 heterocycles. The number of carbonyl (C=O) groups is 1. The number of hydrogen-bond donors (Lipinski definition) is 3. The van der Waals surface area contributed by atoms with Gasteiger partial charge in [0.05, 0.1) is 25.4 Å². The van der Waals surface area contributed by atoms with Gasteiger partial charge in [-0.25, -0.2) is 14.8 Å². The third kappa shape index (κ3) is 5.30. The highest BCUT2D eigenvalue weighted by atomic mass is 16.5. The molecule has 0 radical (unpaired) electrons. The molecule has 1 aliphatic rings. The van der Waals surface area contributed by atoms with Crippen molar-refractivity contribution in [3.8, 4) is 0 Å². The lowest BCUT2D eigenvalue weighted by molar-refractivity contribution is 0.0398. The van der Waals surface area contributed by atoms with Gasteiger partial charge in [0.25, 0.3) is 0 Å². The van der Waals surface area contributed by atoms with Crippen LogP contribution in [0.15, 0.2) is 30.6 Å². The molecule has 0 aliphatic carbocycles. The molecule has 0 amide bonds. The minimum atomic E-state index is -0.345. The van der Waals surface area contributed by atoms with Crippen LogP contribution in [-0.4, -0.2) is 66.8 Å². The zero-order valence-electron chi connectivity index (χ0n) is 16.0. The highest BCUT2D eigenvalue weighted by Gasteiger charge is 2.12. The first kappa shape index (κ1) is 19.8. The lowest BCUT2D eigenvalue weighted by atomic mass is 10.2. The second-order valence-corrected chi connectivity index (χ2v) is 6.29. The maximum atomic E-state index is 11.7. The summed E-state index contributed by atoms with van der Waals surface area (Å²) >= 11 is 0. The largest absolute Gasteiger partial charge is 0.462 e. The van der Waals surface area contributed by atoms with Crippen LogP contribution in [-0.2, 0) is 9.47 Å². The van der Waals surface area contributed by atoms with Gasteiger partial charge in [-0.1, -0.05) is 0 Å². The van der Waals surface area contributed by atoms with E-state index in [1.807, 2.05) is 0 Å². The zero-order valence-corrected chi connectivity index (χ0v) is 16.0. The molecule has 1 aliphatic heterocycles. The molecule has 9 heteroatoms. The quantitative estimate of drug-likeness (QED) is 0.583. The monoisotopic (exact) mass is 386 g/mol. The van der Waals surface area contributed by atoms with Crippen LogP contribution in [0, 0.1) is 0 Å². The Morgan fingerprint density at radius 2 is 1.93 bits per heavy atom. The Labute approximate surface area is 164 Å². The summed E-state index contributed by atoms with van der Waals surface area (Å²) in [6.07, 6.45) is 1.46. The van der Waals surface area contributed by atoms with E-state index in [4.69, 9.17) is 15.2 Å². The standard InChI is InChI=1S/C19H26N6O3/c1-2-28-19(26)14-3-5-15(6-4-14)24-18-16(20)17(22-13-23-18)21-7-8-25-9-11-27-12-10-25/h3-6,13H,2,7-12,20H2,1H3,(H2,21,22,23,24). The number of carbonyl (C=O) groups excluding carboxylic acids is 1. The number of benzene rings is 1. The second-order valence-electron chi connectivity index (χ2n) is 6.29. The van der Waals surface area contributed by atoms with Gasteiger partial charge in [0.2, 0.25) is 0 Å². The Kier molecular flexibility index (Phi) is 6.99. The highest BCUT2D eigenvalue weighted by molar-refractivity contribution is 5.90. The number of rotatable bonds is 8. The van der Waals surface area contributed by atoms with Crippen molar-refractivity contribution in [3.05, 3.63) is 36.2 Å². The molecule has 9 nitrogen and oxygen atoms in total. The average molecular weight is 386 g/mol. The summed E-state index contributed by atoms with van der Waals surface area (Å²) in [5.41, 5.74) is 7.91. The summed E-state index contributed by atoms with van der Waals surface area (Å²) in [4.78, 5) is 22.5. The number of esters is 1. The van der Waals surface area contributed by atoms with Crippen molar-refractivity contribution >= 4 is 29.0 Å². The van der Waals surface area contributed by atoms with Gasteiger partial charge in [0, 0.05) is 31.9 Å². The predicted molar refractivity (Wildman–Crippen MR) is 108 cm³/mol. The van der Waals surface area contributed by atoms with Gasteiger partial charge >= 0.3 is 5.97 Å². The van der Waals surface area contributed by atoms with Crippen LogP contribution in [0.4, 0.5) is 23.0 Å². The van der Waals surface area contributed by atoms with Gasteiger partial charge < -0.3 is 25.8 Å². The van der Waals surface area contributed by atoms with Crippen LogP contribution in [0.2, 0.25) is 0 Å². The predicted octanol–water partition coefficient (Wildman–Crippen LogP) is 1.72. The molecule has 150 valence electrons. The van der Waals surface area contributed by atoms with Crippen LogP contribution in [0.25, 0.3) is 0 Å². The molecular formula is C19H26N6O3. The van der Waals surface area contributed by atoms with Gasteiger partial charge in [-0.2, -0.15) is 0 Å². The molecule has 28 heavy (non-hydrogen) atoms. The summed E-state index contributed by atoms with van der Waals surface area (Å²) < 4.78 is 10.3. The summed E-state index contributed by atoms with van der Waals surface area (Å²) in [5, 5.41) is 6.42. The SMILES string of the molecule is CCOC(=O)c1ccc(Nc2ncnc(NCCN3CCOCC3)c2N)cc1. The van der Waals surface area contributed by atoms with Crippen molar-refractivity contribution in [1.29, 1.82) is 0 Å². The Hall–Kier alpha value is -2.91. The number of nitrogens with zero attached hydrogens (tertiary/aromatic N) is 3. The maximum Gasteiger partial charge on any atom is 0.338 e. The molecule has 0 saturated carbocycles. The molecular weight excluding hydrogens is 360 g/mol. The number of nitrogens with two attached hydrogens (primary N) is 1. The number of morpholine rings is 1. The molecule has 2 aromatic rings. The van der Waals surface area contributed by atoms with E-state index in [1.165, 1.54) is 6.33 Å². The first-order valence-electron chi connectivity index (χ1n) is 9.36. The number of ether oxygens (including phenoxy) is 2. The number of nitrogen functional groups attached to an aromatic ring is 1. The number of anilines is 4. The molecule has 1 saturated heterocycles. The fourth-order valence-electron chi connectivity index (χ4n) is 2.83. The second kappa shape index (κ2) is 9.86. The first-order valence-corrected chi connectivity index (χ1v) is 9.36. The Bertz CT molecular complexity index is 778. The molecule has 0 unspecified atom stereocenters. The van der Waals surface area contributed by atoms with Crippen LogP contribution in [0.3, 0.4) is 0 Å². The normalized spacial score (nSPS) is 14.5. The highest BCUT2D eigenvalue weighted by Crippen LogP contribution is 2.25. The van der Waals surface area contributed by atoms with Gasteiger partial charge in [-0.05, 0) is 31.2 Å². The van der Waals surface area contributed by atoms with Crippen LogP contribution >= 0.6 is 0 Å². The van der Waals surface area contributed by atoms with E-state index < -0.39 is 0 Å². The topological polar surface area (TPSA) is 115 Å². The number of nitrogens with one attached hydrogen (secondary N) is 2. The summed E-state index contributed by atoms with van der Waals surface area (Å²) in [7, 11) is 0. The van der Waals surface area contributed by atoms with Gasteiger partial charge in [-0.3, -0.25) is 4.90 Å². The third-order valence-electron chi connectivity index (χ3n) is 4.37. The molecule has 0 bridgehead atoms. The van der Waals surface area contributed by atoms with Crippen molar-refractivity contribution in [2.24, 2.45) is 0 Å². The van der Waals surface area contributed by atoms with Gasteiger partial charge in [0.1, 0.15) is 12.0 Å². The summed E-state index contributed by atoms with van der Waals surface area (Å²) in [5.74, 6) is 0.754. The van der Waals surface area contributed by atoms with Crippen LogP contribution in [0.5, 0.6) is 0 Å². The molecule has 4 N–H and O–H groups in total. The van der Waals surface area contributed by atoms with E-state index >= 15 is 0 Å².